The van der Waals surface area contributed by atoms with Crippen molar-refractivity contribution in [2.24, 2.45) is 5.10 Å². The first-order chi connectivity index (χ1) is 15.2. The Bertz CT molecular complexity index is 1220. The Kier molecular flexibility index (Phi) is 6.13. The molecule has 2 aromatic carbocycles. The number of carbonyl (C=O) groups is 1. The number of amides is 1. The Morgan fingerprint density at radius 2 is 1.84 bits per heavy atom. The molecule has 0 aliphatic heterocycles. The third-order valence-electron chi connectivity index (χ3n) is 5.40. The van der Waals surface area contributed by atoms with Crippen LogP contribution in [0.5, 0.6) is 0 Å². The van der Waals surface area contributed by atoms with Crippen LogP contribution in [0.1, 0.15) is 47.8 Å². The Morgan fingerprint density at radius 3 is 2.58 bits per heavy atom. The highest BCUT2D eigenvalue weighted by Crippen LogP contribution is 2.27. The smallest absolute Gasteiger partial charge is 0.267 e. The van der Waals surface area contributed by atoms with E-state index >= 15 is 0 Å². The fourth-order valence-corrected chi connectivity index (χ4v) is 3.40. The molecule has 4 aromatic rings. The van der Waals surface area contributed by atoms with E-state index in [2.05, 4.69) is 53.6 Å². The summed E-state index contributed by atoms with van der Waals surface area (Å²) in [5, 5.41) is 4.85. The van der Waals surface area contributed by atoms with E-state index in [9.17, 15) is 4.79 Å². The van der Waals surface area contributed by atoms with Crippen LogP contribution in [0.25, 0.3) is 22.2 Å². The second kappa shape index (κ2) is 9.30. The molecule has 0 saturated heterocycles. The predicted molar refractivity (Wildman–Crippen MR) is 125 cm³/mol. The SMILES string of the molecule is CC[C@H](C)c1ccc(-c2cc(C(=O)N/N=C\c3ccccn3)c3ccccc3n2)cc1. The normalized spacial score (nSPS) is 12.2. The van der Waals surface area contributed by atoms with Crippen LogP contribution < -0.4 is 5.43 Å². The van der Waals surface area contributed by atoms with Crippen molar-refractivity contribution in [3.8, 4) is 11.3 Å². The summed E-state index contributed by atoms with van der Waals surface area (Å²) in [4.78, 5) is 21.9. The maximum Gasteiger partial charge on any atom is 0.272 e. The van der Waals surface area contributed by atoms with Crippen molar-refractivity contribution >= 4 is 23.0 Å². The summed E-state index contributed by atoms with van der Waals surface area (Å²) in [6.07, 6.45) is 4.30. The van der Waals surface area contributed by atoms with Crippen LogP contribution in [0.4, 0.5) is 0 Å². The lowest BCUT2D eigenvalue weighted by atomic mass is 9.96. The highest BCUT2D eigenvalue weighted by Gasteiger charge is 2.14. The molecule has 31 heavy (non-hydrogen) atoms. The topological polar surface area (TPSA) is 67.2 Å². The van der Waals surface area contributed by atoms with Gasteiger partial charge in [-0.25, -0.2) is 10.4 Å². The van der Waals surface area contributed by atoms with Crippen molar-refractivity contribution in [1.82, 2.24) is 15.4 Å². The van der Waals surface area contributed by atoms with Gasteiger partial charge >= 0.3 is 0 Å². The van der Waals surface area contributed by atoms with Crippen LogP contribution in [0.15, 0.2) is 84.1 Å². The molecule has 154 valence electrons. The minimum atomic E-state index is -0.289. The van der Waals surface area contributed by atoms with Gasteiger partial charge in [-0.15, -0.1) is 0 Å². The third kappa shape index (κ3) is 4.67. The first-order valence-electron chi connectivity index (χ1n) is 10.4. The molecule has 5 nitrogen and oxygen atoms in total. The van der Waals surface area contributed by atoms with E-state index < -0.39 is 0 Å². The van der Waals surface area contributed by atoms with Crippen molar-refractivity contribution in [2.75, 3.05) is 0 Å². The Morgan fingerprint density at radius 1 is 1.06 bits per heavy atom. The van der Waals surface area contributed by atoms with Gasteiger partial charge in [0.2, 0.25) is 0 Å². The molecule has 0 spiro atoms. The summed E-state index contributed by atoms with van der Waals surface area (Å²) in [7, 11) is 0. The van der Waals surface area contributed by atoms with Crippen molar-refractivity contribution in [2.45, 2.75) is 26.2 Å². The molecule has 2 aromatic heterocycles. The zero-order valence-electron chi connectivity index (χ0n) is 17.6. The van der Waals surface area contributed by atoms with Crippen LogP contribution in [0, 0.1) is 0 Å². The lowest BCUT2D eigenvalue weighted by Crippen LogP contribution is -2.18. The minimum Gasteiger partial charge on any atom is -0.267 e. The van der Waals surface area contributed by atoms with Crippen molar-refractivity contribution in [3.63, 3.8) is 0 Å². The standard InChI is InChI=1S/C26H24N4O/c1-3-18(2)19-11-13-20(14-12-19)25-16-23(22-9-4-5-10-24(22)29-25)26(31)30-28-17-21-8-6-7-15-27-21/h4-18H,3H2,1-2H3,(H,30,31)/b28-17-/t18-/m0/s1. The summed E-state index contributed by atoms with van der Waals surface area (Å²) in [5.74, 6) is 0.222. The molecule has 0 fully saturated rings. The molecule has 0 unspecified atom stereocenters. The molecule has 1 amide bonds. The first kappa shape index (κ1) is 20.4. The largest absolute Gasteiger partial charge is 0.272 e. The van der Waals surface area contributed by atoms with Gasteiger partial charge in [0.15, 0.2) is 0 Å². The van der Waals surface area contributed by atoms with Crippen molar-refractivity contribution in [3.05, 3.63) is 95.8 Å². The number of nitrogens with zero attached hydrogens (tertiary/aromatic N) is 3. The van der Waals surface area contributed by atoms with Gasteiger partial charge in [-0.1, -0.05) is 62.4 Å². The van der Waals surface area contributed by atoms with Crippen molar-refractivity contribution in [1.29, 1.82) is 0 Å². The van der Waals surface area contributed by atoms with Gasteiger partial charge in [-0.2, -0.15) is 5.10 Å². The number of para-hydroxylation sites is 1. The van der Waals surface area contributed by atoms with Gasteiger partial charge in [0.05, 0.1) is 28.7 Å². The molecule has 5 heteroatoms. The number of benzene rings is 2. The number of nitrogens with one attached hydrogen (secondary N) is 1. The number of hydrazone groups is 1. The molecular weight excluding hydrogens is 384 g/mol. The van der Waals surface area contributed by atoms with Crippen LogP contribution in [-0.4, -0.2) is 22.1 Å². The molecule has 0 radical (unpaired) electrons. The highest BCUT2D eigenvalue weighted by molar-refractivity contribution is 6.07. The minimum absolute atomic E-state index is 0.289. The molecule has 1 atom stereocenters. The van der Waals surface area contributed by atoms with E-state index in [1.807, 2.05) is 48.5 Å². The van der Waals surface area contributed by atoms with Crippen LogP contribution in [0.2, 0.25) is 0 Å². The highest BCUT2D eigenvalue weighted by atomic mass is 16.2. The lowest BCUT2D eigenvalue weighted by molar-refractivity contribution is 0.0956. The van der Waals surface area contributed by atoms with E-state index in [0.29, 0.717) is 17.2 Å². The van der Waals surface area contributed by atoms with Gasteiger partial charge in [0.25, 0.3) is 5.91 Å². The Balaban J connectivity index is 1.66. The molecule has 1 N–H and O–H groups in total. The number of aromatic nitrogens is 2. The van der Waals surface area contributed by atoms with Crippen LogP contribution in [0.3, 0.4) is 0 Å². The average molecular weight is 409 g/mol. The number of hydrogen-bond donors (Lipinski definition) is 1. The summed E-state index contributed by atoms with van der Waals surface area (Å²) < 4.78 is 0. The predicted octanol–water partition coefficient (Wildman–Crippen LogP) is 5.57. The zero-order chi connectivity index (χ0) is 21.6. The average Bonchev–Trinajstić information content (AvgIpc) is 2.83. The summed E-state index contributed by atoms with van der Waals surface area (Å²) >= 11 is 0. The molecule has 2 heterocycles. The third-order valence-corrected chi connectivity index (χ3v) is 5.40. The molecular formula is C26H24N4O. The summed E-state index contributed by atoms with van der Waals surface area (Å²) in [6, 6.07) is 23.4. The van der Waals surface area contributed by atoms with E-state index in [1.54, 1.807) is 6.20 Å². The van der Waals surface area contributed by atoms with Crippen LogP contribution >= 0.6 is 0 Å². The number of carbonyl (C=O) groups excluding carboxylic acids is 1. The quantitative estimate of drug-likeness (QED) is 0.335. The summed E-state index contributed by atoms with van der Waals surface area (Å²) in [6.45, 7) is 4.40. The zero-order valence-corrected chi connectivity index (χ0v) is 17.6. The number of hydrogen-bond acceptors (Lipinski definition) is 4. The molecule has 0 saturated carbocycles. The fourth-order valence-electron chi connectivity index (χ4n) is 3.40. The number of fused-ring (bicyclic) bond motifs is 1. The van der Waals surface area contributed by atoms with Gasteiger partial charge in [-0.05, 0) is 42.2 Å². The van der Waals surface area contributed by atoms with E-state index in [4.69, 9.17) is 4.98 Å². The van der Waals surface area contributed by atoms with Gasteiger partial charge in [-0.3, -0.25) is 9.78 Å². The Hall–Kier alpha value is -3.86. The molecule has 0 aliphatic carbocycles. The molecule has 0 aliphatic rings. The maximum atomic E-state index is 12.9. The maximum absolute atomic E-state index is 12.9. The lowest BCUT2D eigenvalue weighted by Gasteiger charge is -2.11. The van der Waals surface area contributed by atoms with Crippen LogP contribution in [-0.2, 0) is 0 Å². The number of rotatable bonds is 6. The van der Waals surface area contributed by atoms with E-state index in [0.717, 1.165) is 28.6 Å². The second-order valence-electron chi connectivity index (χ2n) is 7.46. The Labute approximate surface area is 181 Å². The fraction of sp³-hybridized carbons (Fsp3) is 0.154. The van der Waals surface area contributed by atoms with E-state index in [1.165, 1.54) is 11.8 Å². The second-order valence-corrected chi connectivity index (χ2v) is 7.46. The summed E-state index contributed by atoms with van der Waals surface area (Å²) in [5.41, 5.74) is 7.62. The first-order valence-corrected chi connectivity index (χ1v) is 10.4. The monoisotopic (exact) mass is 408 g/mol. The van der Waals surface area contributed by atoms with Crippen molar-refractivity contribution < 1.29 is 4.79 Å². The van der Waals surface area contributed by atoms with Gasteiger partial charge in [0.1, 0.15) is 0 Å². The van der Waals surface area contributed by atoms with Gasteiger partial charge in [0, 0.05) is 17.1 Å². The molecule has 4 rings (SSSR count). The van der Waals surface area contributed by atoms with Gasteiger partial charge < -0.3 is 0 Å². The molecule has 0 bridgehead atoms. The number of pyridine rings is 2. The van der Waals surface area contributed by atoms with E-state index in [-0.39, 0.29) is 5.91 Å².